The van der Waals surface area contributed by atoms with Crippen LogP contribution >= 0.6 is 0 Å². The second-order valence-corrected chi connectivity index (χ2v) is 6.59. The molecule has 1 aliphatic heterocycles. The van der Waals surface area contributed by atoms with Crippen LogP contribution in [-0.2, 0) is 16.0 Å². The van der Waals surface area contributed by atoms with Crippen LogP contribution in [0.25, 0.3) is 0 Å². The number of nitrogens with zero attached hydrogens (tertiary/aromatic N) is 2. The molecule has 2 heterocycles. The molecular weight excluding hydrogens is 308 g/mol. The molecular formula is C17H28N4O3. The zero-order valence-electron chi connectivity index (χ0n) is 14.9. The van der Waals surface area contributed by atoms with E-state index in [1.165, 1.54) is 0 Å². The number of aromatic amines is 1. The fourth-order valence-corrected chi connectivity index (χ4v) is 2.64. The molecule has 2 rings (SSSR count). The predicted molar refractivity (Wildman–Crippen MR) is 93.4 cm³/mol. The molecule has 2 N–H and O–H groups in total. The maximum absolute atomic E-state index is 12.3. The lowest BCUT2D eigenvalue weighted by Gasteiger charge is -2.27. The zero-order chi connectivity index (χ0) is 17.5. The van der Waals surface area contributed by atoms with Crippen molar-refractivity contribution in [3.8, 4) is 0 Å². The minimum absolute atomic E-state index is 0.0216. The number of anilines is 1. The Balaban J connectivity index is 1.93. The first-order valence-electron chi connectivity index (χ1n) is 8.66. The number of nitrogens with one attached hydrogen (secondary N) is 2. The van der Waals surface area contributed by atoms with Gasteiger partial charge in [0, 0.05) is 37.3 Å². The molecule has 1 amide bonds. The second-order valence-electron chi connectivity index (χ2n) is 6.59. The number of aryl methyl sites for hydroxylation is 1. The Morgan fingerprint density at radius 1 is 1.38 bits per heavy atom. The number of ether oxygens (including phenoxy) is 1. The third kappa shape index (κ3) is 5.33. The van der Waals surface area contributed by atoms with E-state index in [9.17, 15) is 9.59 Å². The predicted octanol–water partition coefficient (Wildman–Crippen LogP) is 1.01. The highest BCUT2D eigenvalue weighted by atomic mass is 16.5. The van der Waals surface area contributed by atoms with Gasteiger partial charge in [-0.15, -0.1) is 0 Å². The molecule has 134 valence electrons. The first-order chi connectivity index (χ1) is 11.5. The third-order valence-corrected chi connectivity index (χ3v) is 4.17. The van der Waals surface area contributed by atoms with Gasteiger partial charge in [0.15, 0.2) is 0 Å². The molecule has 0 aliphatic carbocycles. The highest BCUT2D eigenvalue weighted by Crippen LogP contribution is 2.11. The summed E-state index contributed by atoms with van der Waals surface area (Å²) in [6.07, 6.45) is 1.67. The normalized spacial score (nSPS) is 14.9. The molecule has 0 bridgehead atoms. The van der Waals surface area contributed by atoms with Crippen molar-refractivity contribution in [3.05, 3.63) is 21.6 Å². The largest absolute Gasteiger partial charge is 0.378 e. The molecule has 0 atom stereocenters. The lowest BCUT2D eigenvalue weighted by molar-refractivity contribution is -0.121. The Morgan fingerprint density at radius 2 is 2.08 bits per heavy atom. The number of carbonyl (C=O) groups excluding carboxylic acids is 1. The first kappa shape index (κ1) is 18.4. The summed E-state index contributed by atoms with van der Waals surface area (Å²) in [6, 6.07) is 0. The average Bonchev–Trinajstić information content (AvgIpc) is 2.54. The van der Waals surface area contributed by atoms with Gasteiger partial charge in [-0.25, -0.2) is 4.98 Å². The van der Waals surface area contributed by atoms with Gasteiger partial charge in [-0.05, 0) is 25.7 Å². The number of H-pyrrole nitrogens is 1. The number of aromatic nitrogens is 2. The van der Waals surface area contributed by atoms with Crippen molar-refractivity contribution in [2.24, 2.45) is 5.92 Å². The molecule has 0 aromatic carbocycles. The second kappa shape index (κ2) is 8.82. The molecule has 1 saturated heterocycles. The summed E-state index contributed by atoms with van der Waals surface area (Å²) in [4.78, 5) is 33.6. The van der Waals surface area contributed by atoms with Crippen molar-refractivity contribution < 1.29 is 9.53 Å². The van der Waals surface area contributed by atoms with Crippen molar-refractivity contribution in [1.29, 1.82) is 0 Å². The third-order valence-electron chi connectivity index (χ3n) is 4.17. The molecule has 1 aromatic rings. The summed E-state index contributed by atoms with van der Waals surface area (Å²) < 4.78 is 5.31. The lowest BCUT2D eigenvalue weighted by Crippen LogP contribution is -2.38. The summed E-state index contributed by atoms with van der Waals surface area (Å²) in [6.45, 7) is 9.47. The van der Waals surface area contributed by atoms with E-state index in [0.29, 0.717) is 55.7 Å². The molecule has 0 spiro atoms. The summed E-state index contributed by atoms with van der Waals surface area (Å²) in [5.74, 6) is 1.13. The van der Waals surface area contributed by atoms with E-state index < -0.39 is 0 Å². The van der Waals surface area contributed by atoms with E-state index in [2.05, 4.69) is 29.1 Å². The Morgan fingerprint density at radius 3 is 2.71 bits per heavy atom. The Labute approximate surface area is 142 Å². The SMILES string of the molecule is Cc1nc(N2CCOCC2)[nH]c(=O)c1CCC(=O)NCCC(C)C. The van der Waals surface area contributed by atoms with Gasteiger partial charge in [0.05, 0.1) is 13.2 Å². The van der Waals surface area contributed by atoms with Crippen molar-refractivity contribution in [3.63, 3.8) is 0 Å². The first-order valence-corrected chi connectivity index (χ1v) is 8.66. The summed E-state index contributed by atoms with van der Waals surface area (Å²) in [5, 5.41) is 2.89. The van der Waals surface area contributed by atoms with E-state index in [1.54, 1.807) is 0 Å². The van der Waals surface area contributed by atoms with Gasteiger partial charge in [-0.1, -0.05) is 13.8 Å². The molecule has 24 heavy (non-hydrogen) atoms. The van der Waals surface area contributed by atoms with E-state index in [0.717, 1.165) is 19.5 Å². The van der Waals surface area contributed by atoms with Crippen molar-refractivity contribution in [2.45, 2.75) is 40.0 Å². The van der Waals surface area contributed by atoms with Crippen molar-refractivity contribution >= 4 is 11.9 Å². The fourth-order valence-electron chi connectivity index (χ4n) is 2.64. The van der Waals surface area contributed by atoms with Crippen LogP contribution in [0, 0.1) is 12.8 Å². The molecule has 7 heteroatoms. The average molecular weight is 336 g/mol. The molecule has 1 fully saturated rings. The Kier molecular flexibility index (Phi) is 6.78. The summed E-state index contributed by atoms with van der Waals surface area (Å²) in [5.41, 5.74) is 1.13. The molecule has 0 radical (unpaired) electrons. The van der Waals surface area contributed by atoms with Crippen LogP contribution in [0.3, 0.4) is 0 Å². The van der Waals surface area contributed by atoms with E-state index in [4.69, 9.17) is 4.74 Å². The number of morpholine rings is 1. The van der Waals surface area contributed by atoms with Gasteiger partial charge in [0.1, 0.15) is 0 Å². The topological polar surface area (TPSA) is 87.3 Å². The van der Waals surface area contributed by atoms with Crippen LogP contribution in [0.15, 0.2) is 4.79 Å². The molecule has 1 aliphatic rings. The molecule has 1 aromatic heterocycles. The van der Waals surface area contributed by atoms with Gasteiger partial charge < -0.3 is 15.0 Å². The monoisotopic (exact) mass is 336 g/mol. The fraction of sp³-hybridized carbons (Fsp3) is 0.706. The van der Waals surface area contributed by atoms with Crippen LogP contribution in [0.5, 0.6) is 0 Å². The van der Waals surface area contributed by atoms with Gasteiger partial charge in [-0.2, -0.15) is 0 Å². The Hall–Kier alpha value is -1.89. The number of hydrogen-bond acceptors (Lipinski definition) is 5. The van der Waals surface area contributed by atoms with E-state index in [1.807, 2.05) is 11.8 Å². The maximum Gasteiger partial charge on any atom is 0.255 e. The van der Waals surface area contributed by atoms with Crippen molar-refractivity contribution in [1.82, 2.24) is 15.3 Å². The number of amides is 1. The minimum atomic E-state index is -0.154. The standard InChI is InChI=1S/C17H28N4O3/c1-12(2)6-7-18-15(22)5-4-14-13(3)19-17(20-16(14)23)21-8-10-24-11-9-21/h12H,4-11H2,1-3H3,(H,18,22)(H,19,20,23). The smallest absolute Gasteiger partial charge is 0.255 e. The van der Waals surface area contributed by atoms with Crippen molar-refractivity contribution in [2.75, 3.05) is 37.7 Å². The number of carbonyl (C=O) groups is 1. The molecule has 0 unspecified atom stereocenters. The van der Waals surface area contributed by atoms with Gasteiger partial charge in [-0.3, -0.25) is 14.6 Å². The number of hydrogen-bond donors (Lipinski definition) is 2. The van der Waals surface area contributed by atoms with Crippen LogP contribution in [0.1, 0.15) is 37.9 Å². The van der Waals surface area contributed by atoms with E-state index >= 15 is 0 Å². The van der Waals surface area contributed by atoms with Gasteiger partial charge >= 0.3 is 0 Å². The molecule has 0 saturated carbocycles. The van der Waals surface area contributed by atoms with Crippen LogP contribution in [0.2, 0.25) is 0 Å². The minimum Gasteiger partial charge on any atom is -0.378 e. The summed E-state index contributed by atoms with van der Waals surface area (Å²) >= 11 is 0. The quantitative estimate of drug-likeness (QED) is 0.776. The number of rotatable bonds is 7. The van der Waals surface area contributed by atoms with Crippen LogP contribution in [-0.4, -0.2) is 48.7 Å². The summed E-state index contributed by atoms with van der Waals surface area (Å²) in [7, 11) is 0. The highest BCUT2D eigenvalue weighted by molar-refractivity contribution is 5.76. The Bertz CT molecular complexity index is 606. The van der Waals surface area contributed by atoms with Gasteiger partial charge in [0.25, 0.3) is 5.56 Å². The maximum atomic E-state index is 12.3. The van der Waals surface area contributed by atoms with Crippen LogP contribution in [0.4, 0.5) is 5.95 Å². The highest BCUT2D eigenvalue weighted by Gasteiger charge is 2.16. The molecule has 7 nitrogen and oxygen atoms in total. The van der Waals surface area contributed by atoms with Gasteiger partial charge in [0.2, 0.25) is 11.9 Å². The zero-order valence-corrected chi connectivity index (χ0v) is 14.9. The lowest BCUT2D eigenvalue weighted by atomic mass is 10.1. The van der Waals surface area contributed by atoms with E-state index in [-0.39, 0.29) is 11.5 Å². The van der Waals surface area contributed by atoms with Crippen LogP contribution < -0.4 is 15.8 Å².